The van der Waals surface area contributed by atoms with Gasteiger partial charge in [-0.15, -0.1) is 0 Å². The second-order valence-electron chi connectivity index (χ2n) is 10.4. The molecule has 0 spiro atoms. The summed E-state index contributed by atoms with van der Waals surface area (Å²) in [6.07, 6.45) is 5.84. The van der Waals surface area contributed by atoms with Crippen LogP contribution in [-0.4, -0.2) is 81.9 Å². The lowest BCUT2D eigenvalue weighted by molar-refractivity contribution is -0.125. The van der Waals surface area contributed by atoms with E-state index in [9.17, 15) is 9.18 Å². The highest BCUT2D eigenvalue weighted by Crippen LogP contribution is 2.26. The van der Waals surface area contributed by atoms with Gasteiger partial charge in [-0.3, -0.25) is 20.7 Å². The number of alkyl halides is 1. The Labute approximate surface area is 191 Å². The summed E-state index contributed by atoms with van der Waals surface area (Å²) in [6, 6.07) is 0.717. The zero-order valence-electron chi connectivity index (χ0n) is 19.7. The maximum atomic E-state index is 13.4. The van der Waals surface area contributed by atoms with Gasteiger partial charge in [-0.05, 0) is 69.9 Å². The Hall–Kier alpha value is -0.840. The average Bonchev–Trinajstić information content (AvgIpc) is 2.82. The fourth-order valence-electron chi connectivity index (χ4n) is 5.89. The van der Waals surface area contributed by atoms with E-state index < -0.39 is 6.17 Å². The molecule has 0 aromatic heterocycles. The first kappa shape index (κ1) is 24.3. The number of carbonyl (C=O) groups excluding carboxylic acids is 1. The Bertz CT molecular complexity index is 605. The summed E-state index contributed by atoms with van der Waals surface area (Å²) >= 11 is 0. The van der Waals surface area contributed by atoms with Gasteiger partial charge in [0.2, 0.25) is 5.91 Å². The van der Waals surface area contributed by atoms with E-state index in [2.05, 4.69) is 38.8 Å². The molecule has 0 aromatic carbocycles. The van der Waals surface area contributed by atoms with Crippen LogP contribution in [0.5, 0.6) is 0 Å². The van der Waals surface area contributed by atoms with Crippen molar-refractivity contribution in [2.24, 2.45) is 11.8 Å². The predicted octanol–water partition coefficient (Wildman–Crippen LogP) is 0.199. The van der Waals surface area contributed by atoms with E-state index in [1.807, 2.05) is 0 Å². The molecule has 4 fully saturated rings. The van der Waals surface area contributed by atoms with Crippen LogP contribution in [0.25, 0.3) is 0 Å². The second kappa shape index (κ2) is 11.5. The van der Waals surface area contributed by atoms with Gasteiger partial charge in [0.25, 0.3) is 0 Å². The van der Waals surface area contributed by atoms with Crippen molar-refractivity contribution >= 4 is 5.91 Å². The Kier molecular flexibility index (Phi) is 8.75. The molecule has 6 N–H and O–H groups in total. The van der Waals surface area contributed by atoms with Gasteiger partial charge in [-0.1, -0.05) is 6.92 Å². The van der Waals surface area contributed by atoms with Gasteiger partial charge in [0.1, 0.15) is 12.5 Å². The smallest absolute Gasteiger partial charge is 0.237 e. The normalized spacial score (nSPS) is 43.5. The molecular formula is C23H43FN6O2. The van der Waals surface area contributed by atoms with Gasteiger partial charge in [0, 0.05) is 38.3 Å². The topological polar surface area (TPSA) is 98.5 Å². The Morgan fingerprint density at radius 2 is 1.91 bits per heavy atom. The molecule has 3 saturated heterocycles. The molecule has 0 radical (unpaired) electrons. The van der Waals surface area contributed by atoms with Gasteiger partial charge >= 0.3 is 0 Å². The SMILES string of the molecule is COC1CNCC(C2CCNC(NC3CC(NC(=O)C4CCC(F)CN4)CCC3C)N2)C1. The monoisotopic (exact) mass is 454 g/mol. The minimum atomic E-state index is -0.827. The van der Waals surface area contributed by atoms with Gasteiger partial charge in [0.15, 0.2) is 0 Å². The van der Waals surface area contributed by atoms with Crippen LogP contribution in [0.2, 0.25) is 0 Å². The minimum absolute atomic E-state index is 0.0293. The molecule has 8 nitrogen and oxygen atoms in total. The van der Waals surface area contributed by atoms with Gasteiger partial charge in [-0.25, -0.2) is 4.39 Å². The second-order valence-corrected chi connectivity index (χ2v) is 10.4. The minimum Gasteiger partial charge on any atom is -0.380 e. The first-order valence-corrected chi connectivity index (χ1v) is 12.7. The Morgan fingerprint density at radius 1 is 1.03 bits per heavy atom. The molecule has 0 aromatic rings. The molecule has 4 aliphatic rings. The number of amides is 1. The highest BCUT2D eigenvalue weighted by atomic mass is 19.1. The van der Waals surface area contributed by atoms with E-state index in [1.165, 1.54) is 0 Å². The van der Waals surface area contributed by atoms with Crippen molar-refractivity contribution in [3.8, 4) is 0 Å². The van der Waals surface area contributed by atoms with E-state index in [0.29, 0.717) is 42.9 Å². The van der Waals surface area contributed by atoms with E-state index in [-0.39, 0.29) is 30.8 Å². The lowest BCUT2D eigenvalue weighted by Gasteiger charge is -2.43. The third kappa shape index (κ3) is 6.39. The van der Waals surface area contributed by atoms with Crippen molar-refractivity contribution < 1.29 is 13.9 Å². The molecule has 3 aliphatic heterocycles. The summed E-state index contributed by atoms with van der Waals surface area (Å²) < 4.78 is 18.9. The standard InChI is InChI=1S/C23H43FN6O2/c1-14-3-5-17(28-22(31)20-6-4-16(24)12-27-20)10-21(14)30-23-26-8-7-19(29-23)15-9-18(32-2)13-25-11-15/h14-21,23,25-27,29-30H,3-13H2,1-2H3,(H,28,31). The lowest BCUT2D eigenvalue weighted by Crippen LogP contribution is -2.66. The van der Waals surface area contributed by atoms with Crippen molar-refractivity contribution in [2.45, 2.75) is 94.6 Å². The highest BCUT2D eigenvalue weighted by molar-refractivity contribution is 5.82. The third-order valence-electron chi connectivity index (χ3n) is 8.02. The van der Waals surface area contributed by atoms with Gasteiger partial charge in [0.05, 0.1) is 12.1 Å². The van der Waals surface area contributed by atoms with E-state index in [1.54, 1.807) is 7.11 Å². The molecule has 32 heavy (non-hydrogen) atoms. The van der Waals surface area contributed by atoms with Crippen molar-refractivity contribution in [1.82, 2.24) is 31.9 Å². The number of nitrogens with one attached hydrogen (secondary N) is 6. The largest absolute Gasteiger partial charge is 0.380 e. The molecule has 0 bridgehead atoms. The van der Waals surface area contributed by atoms with Crippen LogP contribution < -0.4 is 31.9 Å². The summed E-state index contributed by atoms with van der Waals surface area (Å²) in [5.74, 6) is 1.16. The van der Waals surface area contributed by atoms with Crippen molar-refractivity contribution in [2.75, 3.05) is 33.3 Å². The molecule has 1 amide bonds. The highest BCUT2D eigenvalue weighted by Gasteiger charge is 2.35. The maximum Gasteiger partial charge on any atom is 0.237 e. The van der Waals surface area contributed by atoms with Crippen LogP contribution in [0.15, 0.2) is 0 Å². The van der Waals surface area contributed by atoms with Crippen LogP contribution >= 0.6 is 0 Å². The van der Waals surface area contributed by atoms with Gasteiger partial charge in [-0.2, -0.15) is 0 Å². The van der Waals surface area contributed by atoms with Crippen molar-refractivity contribution in [1.29, 1.82) is 0 Å². The van der Waals surface area contributed by atoms with E-state index in [4.69, 9.17) is 4.74 Å². The molecule has 4 rings (SSSR count). The van der Waals surface area contributed by atoms with Crippen LogP contribution in [-0.2, 0) is 9.53 Å². The number of piperidine rings is 2. The summed E-state index contributed by atoms with van der Waals surface area (Å²) in [6.45, 7) is 5.56. The first-order chi connectivity index (χ1) is 15.5. The molecule has 3 heterocycles. The van der Waals surface area contributed by atoms with E-state index >= 15 is 0 Å². The number of hydrogen-bond acceptors (Lipinski definition) is 7. The average molecular weight is 455 g/mol. The quantitative estimate of drug-likeness (QED) is 0.341. The zero-order chi connectivity index (χ0) is 22.5. The summed E-state index contributed by atoms with van der Waals surface area (Å²) in [7, 11) is 1.80. The molecule has 9 unspecified atom stereocenters. The fourth-order valence-corrected chi connectivity index (χ4v) is 5.89. The summed E-state index contributed by atoms with van der Waals surface area (Å²) in [5.41, 5.74) is 0. The first-order valence-electron chi connectivity index (χ1n) is 12.7. The molecule has 1 saturated carbocycles. The van der Waals surface area contributed by atoms with Crippen molar-refractivity contribution in [3.63, 3.8) is 0 Å². The van der Waals surface area contributed by atoms with Crippen LogP contribution in [0.1, 0.15) is 51.9 Å². The van der Waals surface area contributed by atoms with Crippen LogP contribution in [0.4, 0.5) is 4.39 Å². The summed E-state index contributed by atoms with van der Waals surface area (Å²) in [5, 5.41) is 21.0. The molecule has 1 aliphatic carbocycles. The number of carbonyl (C=O) groups is 1. The fraction of sp³-hybridized carbons (Fsp3) is 0.957. The van der Waals surface area contributed by atoms with Crippen LogP contribution in [0, 0.1) is 11.8 Å². The predicted molar refractivity (Wildman–Crippen MR) is 123 cm³/mol. The molecular weight excluding hydrogens is 411 g/mol. The van der Waals surface area contributed by atoms with Crippen molar-refractivity contribution in [3.05, 3.63) is 0 Å². The maximum absolute atomic E-state index is 13.4. The number of methoxy groups -OCH3 is 1. The lowest BCUT2D eigenvalue weighted by atomic mass is 9.82. The molecule has 9 heteroatoms. The Balaban J connectivity index is 1.25. The number of halogens is 1. The molecule has 184 valence electrons. The number of ether oxygens (including phenoxy) is 1. The third-order valence-corrected chi connectivity index (χ3v) is 8.02. The van der Waals surface area contributed by atoms with E-state index in [0.717, 1.165) is 51.7 Å². The summed E-state index contributed by atoms with van der Waals surface area (Å²) in [4.78, 5) is 12.7. The van der Waals surface area contributed by atoms with Crippen LogP contribution in [0.3, 0.4) is 0 Å². The zero-order valence-corrected chi connectivity index (χ0v) is 19.7. The number of rotatable bonds is 6. The number of hydrogen-bond donors (Lipinski definition) is 6. The Morgan fingerprint density at radius 3 is 2.69 bits per heavy atom. The van der Waals surface area contributed by atoms with Gasteiger partial charge < -0.3 is 20.7 Å². The molecule has 9 atom stereocenters.